The van der Waals surface area contributed by atoms with Crippen LogP contribution in [-0.2, 0) is 23.8 Å². The highest BCUT2D eigenvalue weighted by Crippen LogP contribution is 2.43. The Labute approximate surface area is 186 Å². The van der Waals surface area contributed by atoms with Crippen molar-refractivity contribution in [2.75, 3.05) is 13.4 Å². The molecule has 1 aromatic carbocycles. The van der Waals surface area contributed by atoms with Crippen molar-refractivity contribution in [3.05, 3.63) is 64.9 Å². The molecule has 0 saturated heterocycles. The summed E-state index contributed by atoms with van der Waals surface area (Å²) in [6, 6.07) is 11.8. The number of amides is 1. The van der Waals surface area contributed by atoms with E-state index in [9.17, 15) is 18.0 Å². The Hall–Kier alpha value is -2.49. The molecule has 3 atom stereocenters. The monoisotopic (exact) mass is 466 g/mol. The first-order valence-electron chi connectivity index (χ1n) is 9.60. The van der Waals surface area contributed by atoms with E-state index in [2.05, 4.69) is 10.3 Å². The zero-order valence-corrected chi connectivity index (χ0v) is 18.7. The second-order valence-corrected chi connectivity index (χ2v) is 9.43. The molecule has 1 fully saturated rings. The number of nitrogens with one attached hydrogen (secondary N) is 1. The minimum absolute atomic E-state index is 0.117. The van der Waals surface area contributed by atoms with Gasteiger partial charge >= 0.3 is 5.97 Å². The van der Waals surface area contributed by atoms with Gasteiger partial charge < -0.3 is 10.1 Å². The van der Waals surface area contributed by atoms with Crippen molar-refractivity contribution in [2.24, 2.45) is 0 Å². The molecule has 1 saturated carbocycles. The maximum atomic E-state index is 13.1. The summed E-state index contributed by atoms with van der Waals surface area (Å²) in [6.45, 7) is 0. The van der Waals surface area contributed by atoms with Crippen LogP contribution < -0.4 is 5.32 Å². The maximum Gasteiger partial charge on any atom is 0.332 e. The van der Waals surface area contributed by atoms with Crippen molar-refractivity contribution in [1.29, 1.82) is 0 Å². The van der Waals surface area contributed by atoms with Crippen LogP contribution in [0.5, 0.6) is 0 Å². The number of pyridine rings is 1. The molecule has 1 aromatic heterocycles. The molecule has 0 unspecified atom stereocenters. The maximum absolute atomic E-state index is 13.1. The first-order valence-corrected chi connectivity index (χ1v) is 11.8. The van der Waals surface area contributed by atoms with Crippen molar-refractivity contribution < 1.29 is 26.9 Å². The molecule has 1 N–H and O–H groups in total. The van der Waals surface area contributed by atoms with Crippen LogP contribution in [0, 0.1) is 0 Å². The van der Waals surface area contributed by atoms with Gasteiger partial charge in [0.1, 0.15) is 10.7 Å². The van der Waals surface area contributed by atoms with Crippen LogP contribution in [0.15, 0.2) is 48.7 Å². The molecule has 2 aromatic rings. The number of carbonyl (C=O) groups is 2. The topological polar surface area (TPSA) is 112 Å². The molecule has 8 nitrogen and oxygen atoms in total. The third-order valence-corrected chi connectivity index (χ3v) is 6.19. The predicted octanol–water partition coefficient (Wildman–Crippen LogP) is 2.69. The lowest BCUT2D eigenvalue weighted by Gasteiger charge is -2.44. The molecule has 31 heavy (non-hydrogen) atoms. The fourth-order valence-corrected chi connectivity index (χ4v) is 4.77. The van der Waals surface area contributed by atoms with E-state index in [4.69, 9.17) is 20.5 Å². The fourth-order valence-electron chi connectivity index (χ4n) is 3.98. The average Bonchev–Trinajstić information content (AvgIpc) is 2.74. The van der Waals surface area contributed by atoms with Gasteiger partial charge in [0, 0.05) is 17.7 Å². The fraction of sp³-hybridized carbons (Fsp3) is 0.381. The van der Waals surface area contributed by atoms with E-state index >= 15 is 0 Å². The molecule has 3 rings (SSSR count). The number of esters is 1. The van der Waals surface area contributed by atoms with E-state index < -0.39 is 39.6 Å². The Bertz CT molecular complexity index is 1050. The third kappa shape index (κ3) is 5.41. The lowest BCUT2D eigenvalue weighted by Crippen LogP contribution is -2.61. The van der Waals surface area contributed by atoms with Crippen molar-refractivity contribution in [3.8, 4) is 0 Å². The average molecular weight is 467 g/mol. The highest BCUT2D eigenvalue weighted by atomic mass is 35.5. The third-order valence-electron chi connectivity index (χ3n) is 5.34. The second kappa shape index (κ2) is 9.33. The molecule has 0 spiro atoms. The molecule has 1 aliphatic carbocycles. The van der Waals surface area contributed by atoms with Crippen molar-refractivity contribution >= 4 is 33.6 Å². The van der Waals surface area contributed by atoms with Gasteiger partial charge in [-0.25, -0.2) is 9.78 Å². The molecule has 1 aliphatic rings. The summed E-state index contributed by atoms with van der Waals surface area (Å²) in [5.74, 6) is -1.73. The Morgan fingerprint density at radius 2 is 1.90 bits per heavy atom. The van der Waals surface area contributed by atoms with Crippen LogP contribution in [0.1, 0.15) is 41.1 Å². The molecule has 0 aliphatic heterocycles. The number of methoxy groups -OCH3 is 1. The number of rotatable bonds is 6. The SMILES string of the molecule is COC(=O)[C@@]1(NC(=O)c2ccccc2)CC[C@H](OS(C)(=O)=O)C[C@@H]1c1ccc(Cl)nc1. The number of carbonyl (C=O) groups excluding carboxylic acids is 2. The smallest absolute Gasteiger partial charge is 0.332 e. The lowest BCUT2D eigenvalue weighted by molar-refractivity contribution is -0.151. The summed E-state index contributed by atoms with van der Waals surface area (Å²) in [5.41, 5.74) is -0.451. The van der Waals surface area contributed by atoms with Gasteiger partial charge in [-0.1, -0.05) is 35.9 Å². The van der Waals surface area contributed by atoms with Crippen molar-refractivity contribution in [1.82, 2.24) is 10.3 Å². The van der Waals surface area contributed by atoms with E-state index in [-0.39, 0.29) is 24.4 Å². The van der Waals surface area contributed by atoms with E-state index in [1.165, 1.54) is 13.3 Å². The Morgan fingerprint density at radius 1 is 1.19 bits per heavy atom. The van der Waals surface area contributed by atoms with E-state index in [0.29, 0.717) is 11.1 Å². The second-order valence-electron chi connectivity index (χ2n) is 7.45. The van der Waals surface area contributed by atoms with Crippen LogP contribution in [0.3, 0.4) is 0 Å². The summed E-state index contributed by atoms with van der Waals surface area (Å²) in [4.78, 5) is 30.1. The predicted molar refractivity (Wildman–Crippen MR) is 114 cm³/mol. The summed E-state index contributed by atoms with van der Waals surface area (Å²) < 4.78 is 33.7. The molecular weight excluding hydrogens is 444 g/mol. The van der Waals surface area contributed by atoms with E-state index in [1.54, 1.807) is 42.5 Å². The van der Waals surface area contributed by atoms with Gasteiger partial charge in [0.15, 0.2) is 0 Å². The number of halogens is 1. The molecular formula is C21H23ClN2O6S. The van der Waals surface area contributed by atoms with Gasteiger partial charge in [0.2, 0.25) is 0 Å². The summed E-state index contributed by atoms with van der Waals surface area (Å²) in [5, 5.41) is 3.13. The van der Waals surface area contributed by atoms with Crippen molar-refractivity contribution in [3.63, 3.8) is 0 Å². The lowest BCUT2D eigenvalue weighted by atomic mass is 9.68. The zero-order chi connectivity index (χ0) is 22.6. The Kier molecular flexibility index (Phi) is 6.98. The van der Waals surface area contributed by atoms with Gasteiger partial charge in [-0.2, -0.15) is 8.42 Å². The highest BCUT2D eigenvalue weighted by molar-refractivity contribution is 7.86. The largest absolute Gasteiger partial charge is 0.467 e. The number of hydrogen-bond donors (Lipinski definition) is 1. The standard InChI is InChI=1S/C21H23ClN2O6S/c1-29-20(26)21(24-19(25)14-6-4-3-5-7-14)11-10-16(30-31(2,27)28)12-17(21)15-8-9-18(22)23-13-15/h3-9,13,16-17H,10-12H2,1-2H3,(H,24,25)/t16-,17+,21+/m0/s1. The zero-order valence-electron chi connectivity index (χ0n) is 17.1. The summed E-state index contributed by atoms with van der Waals surface area (Å²) in [6.07, 6.45) is 2.32. The molecule has 10 heteroatoms. The van der Waals surface area contributed by atoms with Crippen LogP contribution in [-0.4, -0.2) is 50.3 Å². The minimum Gasteiger partial charge on any atom is -0.467 e. The van der Waals surface area contributed by atoms with Crippen molar-refractivity contribution in [2.45, 2.75) is 36.8 Å². The molecule has 1 heterocycles. The normalized spacial score (nSPS) is 23.7. The number of aromatic nitrogens is 1. The van der Waals surface area contributed by atoms with Gasteiger partial charge in [0.25, 0.3) is 16.0 Å². The van der Waals surface area contributed by atoms with Crippen LogP contribution in [0.25, 0.3) is 0 Å². The van der Waals surface area contributed by atoms with Gasteiger partial charge in [-0.05, 0) is 43.0 Å². The summed E-state index contributed by atoms with van der Waals surface area (Å²) in [7, 11) is -2.46. The number of ether oxygens (including phenoxy) is 1. The highest BCUT2D eigenvalue weighted by Gasteiger charge is 2.52. The van der Waals surface area contributed by atoms with E-state index in [1.807, 2.05) is 0 Å². The summed E-state index contributed by atoms with van der Waals surface area (Å²) >= 11 is 5.92. The molecule has 0 radical (unpaired) electrons. The van der Waals surface area contributed by atoms with Crippen LogP contribution in [0.4, 0.5) is 0 Å². The molecule has 1 amide bonds. The number of nitrogens with zero attached hydrogens (tertiary/aromatic N) is 1. The first-order chi connectivity index (χ1) is 14.6. The van der Waals surface area contributed by atoms with E-state index in [0.717, 1.165) is 6.26 Å². The molecule has 166 valence electrons. The van der Waals surface area contributed by atoms with Crippen LogP contribution in [0.2, 0.25) is 5.15 Å². The van der Waals surface area contributed by atoms with Crippen LogP contribution >= 0.6 is 11.6 Å². The Balaban J connectivity index is 2.03. The van der Waals surface area contributed by atoms with Gasteiger partial charge in [0.05, 0.1) is 19.5 Å². The number of hydrogen-bond acceptors (Lipinski definition) is 7. The Morgan fingerprint density at radius 3 is 2.48 bits per heavy atom. The first kappa shape index (κ1) is 23.2. The minimum atomic E-state index is -3.71. The quantitative estimate of drug-likeness (QED) is 0.395. The molecule has 0 bridgehead atoms. The van der Waals surface area contributed by atoms with Gasteiger partial charge in [-0.15, -0.1) is 0 Å². The van der Waals surface area contributed by atoms with Gasteiger partial charge in [-0.3, -0.25) is 8.98 Å². The number of benzene rings is 1.